The predicted octanol–water partition coefficient (Wildman–Crippen LogP) is -0.570. The fourth-order valence-electron chi connectivity index (χ4n) is 2.98. The molecule has 5 atom stereocenters. The number of nitrogens with two attached hydrogens (primary N) is 1. The van der Waals surface area contributed by atoms with Crippen molar-refractivity contribution in [2.24, 2.45) is 0 Å². The third kappa shape index (κ3) is 2.04. The topological polar surface area (TPSA) is 156 Å². The van der Waals surface area contributed by atoms with Gasteiger partial charge in [-0.05, 0) is 0 Å². The first-order valence-corrected chi connectivity index (χ1v) is 8.13. The minimum Gasteiger partial charge on any atom is -0.388 e. The Kier molecular flexibility index (Phi) is 3.02. The van der Waals surface area contributed by atoms with E-state index in [0.29, 0.717) is 22.4 Å². The summed E-state index contributed by atoms with van der Waals surface area (Å²) in [6.07, 6.45) is 1.15. The molecule has 2 aromatic heterocycles. The molecule has 2 fully saturated rings. The Morgan fingerprint density at radius 3 is 3.09 bits per heavy atom. The van der Waals surface area contributed by atoms with Crippen LogP contribution in [-0.4, -0.2) is 49.8 Å². The van der Waals surface area contributed by atoms with Gasteiger partial charge in [0, 0.05) is 11.8 Å². The number of nitrogens with zero attached hydrogens (tertiary/aromatic N) is 2. The van der Waals surface area contributed by atoms with Crippen LogP contribution in [0.5, 0.6) is 0 Å². The van der Waals surface area contributed by atoms with Gasteiger partial charge in [0.15, 0.2) is 5.82 Å². The molecule has 0 radical (unpaired) electrons. The first-order valence-electron chi connectivity index (χ1n) is 6.63. The van der Waals surface area contributed by atoms with Gasteiger partial charge in [-0.15, -0.1) is 0 Å². The molecule has 4 heterocycles. The number of hydrogen-bond acceptors (Lipinski definition) is 8. The molecule has 2 aliphatic heterocycles. The highest BCUT2D eigenvalue weighted by molar-refractivity contribution is 7.47. The molecule has 0 amide bonds. The number of rotatable bonds is 1. The molecular formula is C11H14N5O5P. The van der Waals surface area contributed by atoms with E-state index in [-0.39, 0.29) is 6.61 Å². The third-order valence-corrected chi connectivity index (χ3v) is 4.98. The molecule has 2 aliphatic rings. The van der Waals surface area contributed by atoms with Gasteiger partial charge in [0.25, 0.3) is 0 Å². The van der Waals surface area contributed by atoms with Crippen LogP contribution in [0.15, 0.2) is 12.5 Å². The molecule has 0 spiro atoms. The Morgan fingerprint density at radius 1 is 1.45 bits per heavy atom. The van der Waals surface area contributed by atoms with Crippen LogP contribution in [0.1, 0.15) is 11.6 Å². The number of nitrogen functional groups attached to an aromatic ring is 1. The van der Waals surface area contributed by atoms with E-state index in [4.69, 9.17) is 14.8 Å². The zero-order chi connectivity index (χ0) is 15.5. The lowest BCUT2D eigenvalue weighted by Gasteiger charge is -2.29. The highest BCUT2D eigenvalue weighted by atomic mass is 31.2. The number of fused-ring (bicyclic) bond motifs is 2. The molecule has 118 valence electrons. The summed E-state index contributed by atoms with van der Waals surface area (Å²) in [7, 11) is -4.11. The summed E-state index contributed by atoms with van der Waals surface area (Å²) in [6.45, 7) is -0.0223. The molecular weight excluding hydrogens is 313 g/mol. The van der Waals surface area contributed by atoms with Gasteiger partial charge >= 0.3 is 7.82 Å². The van der Waals surface area contributed by atoms with Crippen molar-refractivity contribution in [1.82, 2.24) is 20.3 Å². The number of aromatic amines is 1. The third-order valence-electron chi connectivity index (χ3n) is 4.00. The first kappa shape index (κ1) is 14.1. The van der Waals surface area contributed by atoms with E-state index in [1.54, 1.807) is 6.20 Å². The molecule has 0 saturated carbocycles. The highest BCUT2D eigenvalue weighted by Crippen LogP contribution is 2.51. The zero-order valence-electron chi connectivity index (χ0n) is 11.2. The molecule has 0 aromatic carbocycles. The maximum Gasteiger partial charge on any atom is 0.472 e. The van der Waals surface area contributed by atoms with E-state index in [1.807, 2.05) is 0 Å². The van der Waals surface area contributed by atoms with Crippen molar-refractivity contribution >= 4 is 24.7 Å². The van der Waals surface area contributed by atoms with E-state index in [2.05, 4.69) is 20.3 Å². The number of H-pyrrole nitrogens is 1. The first-order chi connectivity index (χ1) is 10.5. The van der Waals surface area contributed by atoms with Crippen molar-refractivity contribution in [1.29, 1.82) is 0 Å². The molecule has 4 rings (SSSR count). The second-order valence-corrected chi connectivity index (χ2v) is 6.71. The van der Waals surface area contributed by atoms with Crippen molar-refractivity contribution in [3.8, 4) is 0 Å². The lowest BCUT2D eigenvalue weighted by molar-refractivity contribution is -0.0162. The molecule has 0 aliphatic carbocycles. The van der Waals surface area contributed by atoms with Crippen LogP contribution in [0.4, 0.5) is 5.82 Å². The normalized spacial score (nSPS) is 38.3. The summed E-state index contributed by atoms with van der Waals surface area (Å²) >= 11 is 0. The van der Waals surface area contributed by atoms with E-state index in [1.165, 1.54) is 6.33 Å². The van der Waals surface area contributed by atoms with Crippen LogP contribution in [0, 0.1) is 0 Å². The number of hydrogen-bond donors (Lipinski definition) is 5. The van der Waals surface area contributed by atoms with Crippen molar-refractivity contribution in [3.05, 3.63) is 18.1 Å². The van der Waals surface area contributed by atoms with Gasteiger partial charge in [0.2, 0.25) is 0 Å². The number of aliphatic hydroxyl groups is 1. The van der Waals surface area contributed by atoms with Crippen LogP contribution in [0.2, 0.25) is 0 Å². The molecule has 2 saturated heterocycles. The Balaban J connectivity index is 1.71. The van der Waals surface area contributed by atoms with E-state index >= 15 is 0 Å². The highest BCUT2D eigenvalue weighted by Gasteiger charge is 2.51. The molecule has 22 heavy (non-hydrogen) atoms. The Hall–Kier alpha value is -1.55. The lowest BCUT2D eigenvalue weighted by atomic mass is 10.0. The Bertz CT molecular complexity index is 781. The van der Waals surface area contributed by atoms with Crippen LogP contribution in [0.25, 0.3) is 11.0 Å². The second-order valence-electron chi connectivity index (χ2n) is 5.30. The molecule has 11 heteroatoms. The summed E-state index contributed by atoms with van der Waals surface area (Å²) in [4.78, 5) is 20.4. The fourth-order valence-corrected chi connectivity index (χ4v) is 3.97. The smallest absolute Gasteiger partial charge is 0.388 e. The number of anilines is 1. The lowest BCUT2D eigenvalue weighted by Crippen LogP contribution is -2.41. The van der Waals surface area contributed by atoms with Crippen LogP contribution in [0.3, 0.4) is 0 Å². The molecule has 6 N–H and O–H groups in total. The number of aliphatic hydroxyl groups excluding tert-OH is 1. The molecule has 0 bridgehead atoms. The zero-order valence-corrected chi connectivity index (χ0v) is 12.1. The average Bonchev–Trinajstić information content (AvgIpc) is 3.01. The number of phosphoric ester groups is 1. The minimum absolute atomic E-state index is 0.0223. The van der Waals surface area contributed by atoms with E-state index < -0.39 is 32.1 Å². The summed E-state index contributed by atoms with van der Waals surface area (Å²) in [6, 6.07) is -0.918. The number of aromatic nitrogens is 3. The van der Waals surface area contributed by atoms with E-state index in [0.717, 1.165) is 0 Å². The van der Waals surface area contributed by atoms with Gasteiger partial charge in [-0.3, -0.25) is 9.05 Å². The van der Waals surface area contributed by atoms with Crippen LogP contribution in [-0.2, 0) is 13.6 Å². The van der Waals surface area contributed by atoms with Crippen molar-refractivity contribution in [2.45, 2.75) is 24.3 Å². The quantitative estimate of drug-likeness (QED) is 0.433. The van der Waals surface area contributed by atoms with Gasteiger partial charge in [-0.25, -0.2) is 14.5 Å². The minimum atomic E-state index is -4.11. The summed E-state index contributed by atoms with van der Waals surface area (Å²) in [5.74, 6) is 0.306. The predicted molar refractivity (Wildman–Crippen MR) is 74.6 cm³/mol. The maximum absolute atomic E-state index is 11.5. The average molecular weight is 327 g/mol. The largest absolute Gasteiger partial charge is 0.472 e. The maximum atomic E-state index is 11.5. The van der Waals surface area contributed by atoms with Gasteiger partial charge in [-0.2, -0.15) is 0 Å². The SMILES string of the molecule is Nc1ncnc2c([C@@H]3N[C@@H]4COP(=O)(O)O[C@H]4[C@H]3O)c[nH]c12. The Morgan fingerprint density at radius 2 is 2.27 bits per heavy atom. The number of phosphoric acid groups is 1. The van der Waals surface area contributed by atoms with Gasteiger partial charge < -0.3 is 26.0 Å². The van der Waals surface area contributed by atoms with Gasteiger partial charge in [0.1, 0.15) is 24.1 Å². The fraction of sp³-hybridized carbons (Fsp3) is 0.455. The van der Waals surface area contributed by atoms with Crippen LogP contribution < -0.4 is 11.1 Å². The van der Waals surface area contributed by atoms with E-state index in [9.17, 15) is 14.6 Å². The summed E-state index contributed by atoms with van der Waals surface area (Å²) < 4.78 is 21.2. The second kappa shape index (κ2) is 4.72. The van der Waals surface area contributed by atoms with Gasteiger partial charge in [-0.1, -0.05) is 0 Å². The summed E-state index contributed by atoms with van der Waals surface area (Å²) in [5, 5.41) is 13.6. The molecule has 10 nitrogen and oxygen atoms in total. The number of nitrogens with one attached hydrogen (secondary N) is 2. The van der Waals surface area contributed by atoms with Crippen molar-refractivity contribution in [2.75, 3.05) is 12.3 Å². The van der Waals surface area contributed by atoms with Crippen molar-refractivity contribution < 1.29 is 23.6 Å². The van der Waals surface area contributed by atoms with Crippen LogP contribution >= 0.6 is 7.82 Å². The monoisotopic (exact) mass is 327 g/mol. The Labute approximate surface area is 124 Å². The van der Waals surface area contributed by atoms with Crippen molar-refractivity contribution in [3.63, 3.8) is 0 Å². The van der Waals surface area contributed by atoms with Gasteiger partial charge in [0.05, 0.1) is 24.2 Å². The molecule has 2 aromatic rings. The summed E-state index contributed by atoms with van der Waals surface area (Å²) in [5.41, 5.74) is 7.61. The molecule has 1 unspecified atom stereocenters. The standard InChI is InChI=1S/C11H14N5O5P/c12-11-8-6(14-3-15-11)4(1-13-8)7-9(17)10-5(16-7)2-20-22(18,19)21-10/h1,3,5,7,9-10,13,16-17H,2H2,(H,18,19)(H2,12,14,15)/t5-,7+,9+,10-/m1/s1.